The molecule has 18 heavy (non-hydrogen) atoms. The minimum Gasteiger partial charge on any atom is -0.355 e. The zero-order valence-electron chi connectivity index (χ0n) is 10.5. The summed E-state index contributed by atoms with van der Waals surface area (Å²) in [6.45, 7) is 3.06. The van der Waals surface area contributed by atoms with E-state index in [0.29, 0.717) is 19.0 Å². The third-order valence-electron chi connectivity index (χ3n) is 2.32. The summed E-state index contributed by atoms with van der Waals surface area (Å²) >= 11 is 0. The molecule has 0 aliphatic carbocycles. The maximum atomic E-state index is 11.0. The second-order valence-corrected chi connectivity index (χ2v) is 4.07. The Hall–Kier alpha value is -2.08. The minimum absolute atomic E-state index is 0.111. The maximum Gasteiger partial charge on any atom is 0.234 e. The Bertz CT molecular complexity index is 354. The summed E-state index contributed by atoms with van der Waals surface area (Å²) in [5, 5.41) is 21.9. The molecule has 0 spiro atoms. The van der Waals surface area contributed by atoms with Crippen LogP contribution in [0, 0.1) is 28.6 Å². The number of hydrogen-bond donors (Lipinski definition) is 2. The molecule has 0 aromatic carbocycles. The highest BCUT2D eigenvalue weighted by atomic mass is 16.2. The second-order valence-electron chi connectivity index (χ2n) is 4.07. The summed E-state index contributed by atoms with van der Waals surface area (Å²) in [7, 11) is 0. The van der Waals surface area contributed by atoms with Crippen molar-refractivity contribution < 1.29 is 9.59 Å². The van der Waals surface area contributed by atoms with Crippen molar-refractivity contribution in [2.24, 2.45) is 5.92 Å². The second kappa shape index (κ2) is 10.1. The Kier molecular flexibility index (Phi) is 8.93. The zero-order valence-corrected chi connectivity index (χ0v) is 10.5. The molecule has 0 radical (unpaired) electrons. The average molecular weight is 250 g/mol. The fraction of sp³-hybridized carbons (Fsp3) is 0.667. The third-order valence-corrected chi connectivity index (χ3v) is 2.32. The lowest BCUT2D eigenvalue weighted by Crippen LogP contribution is -2.28. The first-order valence-electron chi connectivity index (χ1n) is 5.87. The Morgan fingerprint density at radius 1 is 1.11 bits per heavy atom. The Labute approximate surface area is 107 Å². The van der Waals surface area contributed by atoms with Crippen molar-refractivity contribution in [1.82, 2.24) is 10.6 Å². The van der Waals surface area contributed by atoms with E-state index < -0.39 is 0 Å². The smallest absolute Gasteiger partial charge is 0.234 e. The van der Waals surface area contributed by atoms with Gasteiger partial charge in [0.2, 0.25) is 11.8 Å². The summed E-state index contributed by atoms with van der Waals surface area (Å²) in [5.41, 5.74) is 0. The first-order chi connectivity index (χ1) is 8.60. The minimum atomic E-state index is -0.258. The van der Waals surface area contributed by atoms with Crippen LogP contribution in [0.25, 0.3) is 0 Å². The maximum absolute atomic E-state index is 11.0. The van der Waals surface area contributed by atoms with Gasteiger partial charge in [-0.2, -0.15) is 10.5 Å². The monoisotopic (exact) mass is 250 g/mol. The SMILES string of the molecule is CC(CCCNC(=O)CC#N)CNC(=O)CC#N. The first-order valence-corrected chi connectivity index (χ1v) is 5.87. The van der Waals surface area contributed by atoms with Crippen molar-refractivity contribution in [3.8, 4) is 12.1 Å². The molecule has 0 saturated heterocycles. The lowest BCUT2D eigenvalue weighted by molar-refractivity contribution is -0.120. The summed E-state index contributed by atoms with van der Waals surface area (Å²) in [5.74, 6) is -0.223. The van der Waals surface area contributed by atoms with E-state index in [-0.39, 0.29) is 24.7 Å². The van der Waals surface area contributed by atoms with Crippen LogP contribution in [0.2, 0.25) is 0 Å². The summed E-state index contributed by atoms with van der Waals surface area (Å²) in [4.78, 5) is 22.0. The fourth-order valence-electron chi connectivity index (χ4n) is 1.34. The van der Waals surface area contributed by atoms with Crippen LogP contribution in [-0.2, 0) is 9.59 Å². The van der Waals surface area contributed by atoms with E-state index in [0.717, 1.165) is 12.8 Å². The fourth-order valence-corrected chi connectivity index (χ4v) is 1.34. The Balaban J connectivity index is 3.51. The largest absolute Gasteiger partial charge is 0.355 e. The van der Waals surface area contributed by atoms with Crippen LogP contribution in [0.3, 0.4) is 0 Å². The number of nitrogens with one attached hydrogen (secondary N) is 2. The van der Waals surface area contributed by atoms with Crippen LogP contribution in [0.5, 0.6) is 0 Å². The molecular formula is C12H18N4O2. The molecule has 0 aliphatic heterocycles. The summed E-state index contributed by atoms with van der Waals surface area (Å²) in [6, 6.07) is 3.56. The Morgan fingerprint density at radius 3 is 2.22 bits per heavy atom. The predicted molar refractivity (Wildman–Crippen MR) is 64.9 cm³/mol. The van der Waals surface area contributed by atoms with Crippen molar-refractivity contribution in [2.75, 3.05) is 13.1 Å². The average Bonchev–Trinajstić information content (AvgIpc) is 2.33. The van der Waals surface area contributed by atoms with Crippen LogP contribution in [0.4, 0.5) is 0 Å². The van der Waals surface area contributed by atoms with Gasteiger partial charge < -0.3 is 10.6 Å². The molecule has 0 aromatic heterocycles. The van der Waals surface area contributed by atoms with Gasteiger partial charge in [0.15, 0.2) is 0 Å². The molecule has 0 saturated carbocycles. The van der Waals surface area contributed by atoms with Gasteiger partial charge in [0.05, 0.1) is 12.1 Å². The number of hydrogen-bond acceptors (Lipinski definition) is 4. The molecule has 98 valence electrons. The van der Waals surface area contributed by atoms with Crippen molar-refractivity contribution in [2.45, 2.75) is 32.6 Å². The van der Waals surface area contributed by atoms with Gasteiger partial charge in [-0.15, -0.1) is 0 Å². The zero-order chi connectivity index (χ0) is 13.8. The van der Waals surface area contributed by atoms with E-state index in [2.05, 4.69) is 10.6 Å². The van der Waals surface area contributed by atoms with Crippen LogP contribution in [-0.4, -0.2) is 24.9 Å². The number of rotatable bonds is 8. The normalized spacial score (nSPS) is 10.8. The van der Waals surface area contributed by atoms with Crippen LogP contribution < -0.4 is 10.6 Å². The van der Waals surface area contributed by atoms with E-state index in [1.165, 1.54) is 0 Å². The number of carbonyl (C=O) groups excluding carboxylic acids is 2. The molecule has 0 fully saturated rings. The highest BCUT2D eigenvalue weighted by molar-refractivity contribution is 5.78. The molecule has 1 atom stereocenters. The molecule has 0 rings (SSSR count). The lowest BCUT2D eigenvalue weighted by Gasteiger charge is -2.11. The van der Waals surface area contributed by atoms with E-state index in [1.54, 1.807) is 12.1 Å². The summed E-state index contributed by atoms with van der Waals surface area (Å²) < 4.78 is 0. The van der Waals surface area contributed by atoms with Crippen LogP contribution >= 0.6 is 0 Å². The molecule has 6 heteroatoms. The van der Waals surface area contributed by atoms with Gasteiger partial charge in [0.25, 0.3) is 0 Å². The first kappa shape index (κ1) is 15.9. The van der Waals surface area contributed by atoms with Crippen molar-refractivity contribution >= 4 is 11.8 Å². The van der Waals surface area contributed by atoms with Gasteiger partial charge in [0.1, 0.15) is 12.8 Å². The van der Waals surface area contributed by atoms with Crippen molar-refractivity contribution in [3.63, 3.8) is 0 Å². The molecule has 0 aliphatic rings. The number of carbonyl (C=O) groups is 2. The third kappa shape index (κ3) is 9.17. The molecule has 0 bridgehead atoms. The Morgan fingerprint density at radius 2 is 1.67 bits per heavy atom. The van der Waals surface area contributed by atoms with E-state index in [9.17, 15) is 9.59 Å². The number of amides is 2. The van der Waals surface area contributed by atoms with Crippen LogP contribution in [0.15, 0.2) is 0 Å². The molecule has 1 unspecified atom stereocenters. The highest BCUT2D eigenvalue weighted by Crippen LogP contribution is 2.03. The molecular weight excluding hydrogens is 232 g/mol. The lowest BCUT2D eigenvalue weighted by atomic mass is 10.1. The molecule has 6 nitrogen and oxygen atoms in total. The molecule has 2 amide bonds. The van der Waals surface area contributed by atoms with E-state index >= 15 is 0 Å². The summed E-state index contributed by atoms with van der Waals surface area (Å²) in [6.07, 6.45) is 1.43. The van der Waals surface area contributed by atoms with Crippen molar-refractivity contribution in [3.05, 3.63) is 0 Å². The van der Waals surface area contributed by atoms with Crippen molar-refractivity contribution in [1.29, 1.82) is 10.5 Å². The number of nitriles is 2. The van der Waals surface area contributed by atoms with Crippen LogP contribution in [0.1, 0.15) is 32.6 Å². The van der Waals surface area contributed by atoms with Gasteiger partial charge in [-0.1, -0.05) is 6.92 Å². The van der Waals surface area contributed by atoms with E-state index in [4.69, 9.17) is 10.5 Å². The molecule has 0 aromatic rings. The van der Waals surface area contributed by atoms with Gasteiger partial charge in [-0.25, -0.2) is 0 Å². The molecule has 0 heterocycles. The van der Waals surface area contributed by atoms with Gasteiger partial charge in [0, 0.05) is 13.1 Å². The standard InChI is InChI=1S/C12H18N4O2/c1-10(9-16-12(18)5-7-14)3-2-8-15-11(17)4-6-13/h10H,2-5,8-9H2,1H3,(H,15,17)(H,16,18). The van der Waals surface area contributed by atoms with E-state index in [1.807, 2.05) is 6.92 Å². The van der Waals surface area contributed by atoms with Gasteiger partial charge in [-0.05, 0) is 18.8 Å². The van der Waals surface area contributed by atoms with Gasteiger partial charge >= 0.3 is 0 Å². The topological polar surface area (TPSA) is 106 Å². The van der Waals surface area contributed by atoms with Gasteiger partial charge in [-0.3, -0.25) is 9.59 Å². The number of nitrogens with zero attached hydrogens (tertiary/aromatic N) is 2. The highest BCUT2D eigenvalue weighted by Gasteiger charge is 2.05. The quantitative estimate of drug-likeness (QED) is 0.610. The molecule has 2 N–H and O–H groups in total. The predicted octanol–water partition coefficient (Wildman–Crippen LogP) is 0.462.